The van der Waals surface area contributed by atoms with Crippen LogP contribution in [0.3, 0.4) is 0 Å². The van der Waals surface area contributed by atoms with E-state index in [0.29, 0.717) is 18.1 Å². The minimum absolute atomic E-state index is 0.0544. The Bertz CT molecular complexity index is 1050. The van der Waals surface area contributed by atoms with Gasteiger partial charge in [-0.15, -0.1) is 0 Å². The number of aromatic carboxylic acids is 1. The summed E-state index contributed by atoms with van der Waals surface area (Å²) in [5.74, 6) is 0.727. The second-order valence-electron chi connectivity index (χ2n) is 7.44. The molecule has 0 atom stereocenters. The predicted octanol–water partition coefficient (Wildman–Crippen LogP) is 4.30. The zero-order chi connectivity index (χ0) is 22.9. The van der Waals surface area contributed by atoms with Gasteiger partial charge in [0.05, 0.1) is 17.7 Å². The van der Waals surface area contributed by atoms with E-state index in [9.17, 15) is 14.7 Å². The molecule has 0 aromatic heterocycles. The van der Waals surface area contributed by atoms with Crippen molar-refractivity contribution in [3.05, 3.63) is 83.9 Å². The van der Waals surface area contributed by atoms with E-state index < -0.39 is 5.97 Å². The number of anilines is 1. The number of carboxylic acid groups (broad SMARTS) is 1. The topological polar surface area (TPSA) is 88.1 Å². The summed E-state index contributed by atoms with van der Waals surface area (Å²) in [6.07, 6.45) is 0.118. The average molecular weight is 434 g/mol. The molecule has 0 aliphatic heterocycles. The second-order valence-corrected chi connectivity index (χ2v) is 7.44. The molecule has 166 valence electrons. The molecule has 7 nitrogen and oxygen atoms in total. The van der Waals surface area contributed by atoms with Crippen LogP contribution in [0.1, 0.15) is 15.9 Å². The molecule has 7 heteroatoms. The van der Waals surface area contributed by atoms with Crippen molar-refractivity contribution in [3.8, 4) is 17.2 Å². The largest absolute Gasteiger partial charge is 0.492 e. The minimum Gasteiger partial charge on any atom is -0.492 e. The summed E-state index contributed by atoms with van der Waals surface area (Å²) >= 11 is 0. The average Bonchev–Trinajstić information content (AvgIpc) is 2.76. The number of amides is 1. The molecule has 3 aromatic rings. The third-order valence-corrected chi connectivity index (χ3v) is 4.59. The Labute approximate surface area is 187 Å². The van der Waals surface area contributed by atoms with E-state index in [1.165, 1.54) is 6.07 Å². The molecular formula is C25H26N2O5. The van der Waals surface area contributed by atoms with Gasteiger partial charge in [-0.1, -0.05) is 24.3 Å². The first kappa shape index (κ1) is 22.8. The van der Waals surface area contributed by atoms with Crippen molar-refractivity contribution in [2.24, 2.45) is 0 Å². The Balaban J connectivity index is 1.53. The van der Waals surface area contributed by atoms with Crippen LogP contribution in [-0.2, 0) is 11.2 Å². The maximum absolute atomic E-state index is 12.3. The summed E-state index contributed by atoms with van der Waals surface area (Å²) in [7, 11) is 3.99. The van der Waals surface area contributed by atoms with Gasteiger partial charge in [0.2, 0.25) is 5.91 Å². The number of hydrogen-bond acceptors (Lipinski definition) is 5. The first-order chi connectivity index (χ1) is 15.4. The van der Waals surface area contributed by atoms with Gasteiger partial charge in [0, 0.05) is 6.54 Å². The Morgan fingerprint density at radius 2 is 1.47 bits per heavy atom. The van der Waals surface area contributed by atoms with E-state index in [1.807, 2.05) is 38.4 Å². The maximum Gasteiger partial charge on any atom is 0.337 e. The molecule has 0 spiro atoms. The normalized spacial score (nSPS) is 10.6. The smallest absolute Gasteiger partial charge is 0.337 e. The molecule has 2 N–H and O–H groups in total. The molecule has 0 bridgehead atoms. The lowest BCUT2D eigenvalue weighted by molar-refractivity contribution is -0.115. The molecule has 0 saturated heterocycles. The van der Waals surface area contributed by atoms with Crippen LogP contribution >= 0.6 is 0 Å². The molecule has 0 saturated carbocycles. The van der Waals surface area contributed by atoms with Crippen molar-refractivity contribution in [2.75, 3.05) is 32.6 Å². The highest BCUT2D eigenvalue weighted by atomic mass is 16.5. The molecule has 32 heavy (non-hydrogen) atoms. The molecule has 0 aliphatic carbocycles. The molecule has 0 fully saturated rings. The fourth-order valence-electron chi connectivity index (χ4n) is 2.92. The number of nitrogens with one attached hydrogen (secondary N) is 1. The number of carboxylic acids is 1. The molecule has 0 aliphatic rings. The lowest BCUT2D eigenvalue weighted by atomic mass is 10.1. The zero-order valence-corrected chi connectivity index (χ0v) is 18.1. The van der Waals surface area contributed by atoms with Crippen LogP contribution in [0, 0.1) is 0 Å². The third kappa shape index (κ3) is 6.85. The van der Waals surface area contributed by atoms with E-state index >= 15 is 0 Å². The van der Waals surface area contributed by atoms with E-state index in [0.717, 1.165) is 17.9 Å². The third-order valence-electron chi connectivity index (χ3n) is 4.59. The van der Waals surface area contributed by atoms with Crippen molar-refractivity contribution in [1.29, 1.82) is 0 Å². The first-order valence-electron chi connectivity index (χ1n) is 10.2. The SMILES string of the molecule is CN(C)CCOc1ccc(Oc2ccc(CC(=O)Nc3ccccc3C(=O)O)cc2)cc1. The summed E-state index contributed by atoms with van der Waals surface area (Å²) in [5.41, 5.74) is 1.12. The highest BCUT2D eigenvalue weighted by Gasteiger charge is 2.12. The Hall–Kier alpha value is -3.84. The van der Waals surface area contributed by atoms with Gasteiger partial charge in [-0.3, -0.25) is 4.79 Å². The van der Waals surface area contributed by atoms with Crippen LogP contribution < -0.4 is 14.8 Å². The van der Waals surface area contributed by atoms with Crippen molar-refractivity contribution < 1.29 is 24.2 Å². The van der Waals surface area contributed by atoms with Crippen LogP contribution in [0.15, 0.2) is 72.8 Å². The van der Waals surface area contributed by atoms with Crippen molar-refractivity contribution in [3.63, 3.8) is 0 Å². The maximum atomic E-state index is 12.3. The monoisotopic (exact) mass is 434 g/mol. The summed E-state index contributed by atoms with van der Waals surface area (Å²) in [6, 6.07) is 20.9. The molecule has 3 aromatic carbocycles. The number of benzene rings is 3. The molecular weight excluding hydrogens is 408 g/mol. The standard InChI is InChI=1S/C25H26N2O5/c1-27(2)15-16-31-19-11-13-21(14-12-19)32-20-9-7-18(8-10-20)17-24(28)26-23-6-4-3-5-22(23)25(29)30/h3-14H,15-17H2,1-2H3,(H,26,28)(H,29,30). The Kier molecular flexibility index (Phi) is 7.83. The summed E-state index contributed by atoms with van der Waals surface area (Å²) in [4.78, 5) is 25.6. The predicted molar refractivity (Wildman–Crippen MR) is 123 cm³/mol. The van der Waals surface area contributed by atoms with Gasteiger partial charge in [-0.25, -0.2) is 4.79 Å². The lowest BCUT2D eigenvalue weighted by Gasteiger charge is -2.12. The molecule has 3 rings (SSSR count). The highest BCUT2D eigenvalue weighted by molar-refractivity contribution is 6.00. The fourth-order valence-corrected chi connectivity index (χ4v) is 2.92. The Morgan fingerprint density at radius 3 is 2.09 bits per heavy atom. The number of carbonyl (C=O) groups excluding carboxylic acids is 1. The highest BCUT2D eigenvalue weighted by Crippen LogP contribution is 2.24. The zero-order valence-electron chi connectivity index (χ0n) is 18.1. The van der Waals surface area contributed by atoms with Crippen LogP contribution in [0.25, 0.3) is 0 Å². The number of ether oxygens (including phenoxy) is 2. The quantitative estimate of drug-likeness (QED) is 0.495. The Morgan fingerprint density at radius 1 is 0.875 bits per heavy atom. The lowest BCUT2D eigenvalue weighted by Crippen LogP contribution is -2.19. The molecule has 1 amide bonds. The number of likely N-dealkylation sites (N-methyl/N-ethyl adjacent to an activating group) is 1. The summed E-state index contributed by atoms with van der Waals surface area (Å²) < 4.78 is 11.5. The van der Waals surface area contributed by atoms with E-state index in [-0.39, 0.29) is 23.6 Å². The molecule has 0 unspecified atom stereocenters. The van der Waals surface area contributed by atoms with Crippen molar-refractivity contribution >= 4 is 17.6 Å². The van der Waals surface area contributed by atoms with Gasteiger partial charge in [-0.2, -0.15) is 0 Å². The van der Waals surface area contributed by atoms with Crippen LogP contribution in [-0.4, -0.2) is 49.1 Å². The number of hydrogen-bond donors (Lipinski definition) is 2. The van der Waals surface area contributed by atoms with Crippen molar-refractivity contribution in [2.45, 2.75) is 6.42 Å². The first-order valence-corrected chi connectivity index (χ1v) is 10.2. The second kappa shape index (κ2) is 11.0. The summed E-state index contributed by atoms with van der Waals surface area (Å²) in [5, 5.41) is 11.9. The summed E-state index contributed by atoms with van der Waals surface area (Å²) in [6.45, 7) is 1.46. The van der Waals surface area contributed by atoms with Crippen LogP contribution in [0.4, 0.5) is 5.69 Å². The van der Waals surface area contributed by atoms with Gasteiger partial charge in [-0.05, 0) is 68.2 Å². The van der Waals surface area contributed by atoms with Gasteiger partial charge >= 0.3 is 5.97 Å². The number of para-hydroxylation sites is 1. The number of nitrogens with zero attached hydrogens (tertiary/aromatic N) is 1. The van der Waals surface area contributed by atoms with Gasteiger partial charge in [0.1, 0.15) is 23.9 Å². The number of carbonyl (C=O) groups is 2. The molecule has 0 radical (unpaired) electrons. The number of rotatable bonds is 10. The van der Waals surface area contributed by atoms with Crippen molar-refractivity contribution in [1.82, 2.24) is 4.90 Å². The van der Waals surface area contributed by atoms with Gasteiger partial charge < -0.3 is 24.8 Å². The van der Waals surface area contributed by atoms with Gasteiger partial charge in [0.15, 0.2) is 0 Å². The van der Waals surface area contributed by atoms with E-state index in [1.54, 1.807) is 42.5 Å². The minimum atomic E-state index is -1.09. The fraction of sp³-hybridized carbons (Fsp3) is 0.200. The van der Waals surface area contributed by atoms with Crippen LogP contribution in [0.5, 0.6) is 17.2 Å². The van der Waals surface area contributed by atoms with Crippen LogP contribution in [0.2, 0.25) is 0 Å². The van der Waals surface area contributed by atoms with E-state index in [2.05, 4.69) is 10.2 Å². The molecule has 0 heterocycles. The van der Waals surface area contributed by atoms with E-state index in [4.69, 9.17) is 9.47 Å². The van der Waals surface area contributed by atoms with Gasteiger partial charge in [0.25, 0.3) is 0 Å².